The summed E-state index contributed by atoms with van der Waals surface area (Å²) in [7, 11) is 1.80. The summed E-state index contributed by atoms with van der Waals surface area (Å²) in [5.74, 6) is 1.01. The van der Waals surface area contributed by atoms with Crippen LogP contribution in [0.15, 0.2) is 24.3 Å². The van der Waals surface area contributed by atoms with Crippen LogP contribution in [0.1, 0.15) is 18.1 Å². The third-order valence-electron chi connectivity index (χ3n) is 2.69. The molecule has 1 aromatic rings. The van der Waals surface area contributed by atoms with Gasteiger partial charge in [-0.3, -0.25) is 4.79 Å². The third-order valence-corrected chi connectivity index (χ3v) is 3.52. The first-order chi connectivity index (χ1) is 8.58. The van der Waals surface area contributed by atoms with Gasteiger partial charge in [-0.1, -0.05) is 19.1 Å². The molecule has 0 aliphatic rings. The molecule has 0 saturated heterocycles. The average Bonchev–Trinajstić information content (AvgIpc) is 2.38. The topological polar surface area (TPSA) is 44.1 Å². The Kier molecular flexibility index (Phi) is 5.73. The normalized spacial score (nSPS) is 11.7. The average molecular weight is 262 g/mol. The van der Waals surface area contributed by atoms with Crippen LogP contribution in [0.2, 0.25) is 0 Å². The van der Waals surface area contributed by atoms with E-state index < -0.39 is 0 Å². The third kappa shape index (κ3) is 4.08. The first kappa shape index (κ1) is 14.6. The van der Waals surface area contributed by atoms with Gasteiger partial charge in [-0.2, -0.15) is 17.0 Å². The van der Waals surface area contributed by atoms with Crippen molar-refractivity contribution in [3.8, 4) is 6.07 Å². The maximum atomic E-state index is 12.0. The van der Waals surface area contributed by atoms with Crippen LogP contribution in [0, 0.1) is 17.2 Å². The van der Waals surface area contributed by atoms with Crippen molar-refractivity contribution in [3.63, 3.8) is 0 Å². The molecule has 0 fully saturated rings. The number of carbonyl (C=O) groups is 1. The van der Waals surface area contributed by atoms with Crippen molar-refractivity contribution in [3.05, 3.63) is 35.4 Å². The van der Waals surface area contributed by atoms with E-state index >= 15 is 0 Å². The van der Waals surface area contributed by atoms with Gasteiger partial charge in [-0.25, -0.2) is 0 Å². The Labute approximate surface area is 113 Å². The number of thioether (sulfide) groups is 1. The molecule has 4 heteroatoms. The molecular weight excluding hydrogens is 244 g/mol. The first-order valence-corrected chi connectivity index (χ1v) is 7.20. The van der Waals surface area contributed by atoms with Crippen molar-refractivity contribution < 1.29 is 4.79 Å². The van der Waals surface area contributed by atoms with Crippen molar-refractivity contribution in [1.82, 2.24) is 4.90 Å². The number of nitrogens with zero attached hydrogens (tertiary/aromatic N) is 2. The summed E-state index contributed by atoms with van der Waals surface area (Å²) < 4.78 is 0. The molecule has 0 aromatic heterocycles. The van der Waals surface area contributed by atoms with E-state index in [-0.39, 0.29) is 11.8 Å². The molecule has 0 radical (unpaired) electrons. The second-order valence-corrected chi connectivity index (χ2v) is 5.27. The molecule has 0 aliphatic heterocycles. The van der Waals surface area contributed by atoms with Gasteiger partial charge < -0.3 is 4.90 Å². The summed E-state index contributed by atoms with van der Waals surface area (Å²) in [5.41, 5.74) is 1.62. The largest absolute Gasteiger partial charge is 0.341 e. The number of hydrogen-bond donors (Lipinski definition) is 0. The maximum Gasteiger partial charge on any atom is 0.226 e. The molecule has 1 rings (SSSR count). The van der Waals surface area contributed by atoms with Gasteiger partial charge in [0.25, 0.3) is 0 Å². The minimum atomic E-state index is 0.0316. The molecule has 1 aromatic carbocycles. The van der Waals surface area contributed by atoms with E-state index in [0.717, 1.165) is 11.3 Å². The lowest BCUT2D eigenvalue weighted by Gasteiger charge is -2.21. The predicted octanol–water partition coefficient (Wildman–Crippen LogP) is 2.52. The quantitative estimate of drug-likeness (QED) is 0.819. The van der Waals surface area contributed by atoms with Crippen LogP contribution in [0.5, 0.6) is 0 Å². The number of rotatable bonds is 5. The summed E-state index contributed by atoms with van der Waals surface area (Å²) in [6.45, 7) is 2.49. The van der Waals surface area contributed by atoms with Crippen LogP contribution in [0.4, 0.5) is 0 Å². The van der Waals surface area contributed by atoms with E-state index in [0.29, 0.717) is 12.1 Å². The second-order valence-electron chi connectivity index (χ2n) is 4.36. The Morgan fingerprint density at radius 2 is 2.28 bits per heavy atom. The zero-order chi connectivity index (χ0) is 13.5. The number of hydrogen-bond acceptors (Lipinski definition) is 3. The molecular formula is C14H18N2OS. The SMILES string of the molecule is CSCC(C)C(=O)N(C)Cc1cccc(C#N)c1. The first-order valence-electron chi connectivity index (χ1n) is 5.81. The van der Waals surface area contributed by atoms with E-state index in [1.807, 2.05) is 31.4 Å². The number of nitriles is 1. The van der Waals surface area contributed by atoms with Crippen LogP contribution in [0.3, 0.4) is 0 Å². The van der Waals surface area contributed by atoms with Crippen molar-refractivity contribution >= 4 is 17.7 Å². The lowest BCUT2D eigenvalue weighted by molar-refractivity contribution is -0.133. The molecule has 0 aliphatic carbocycles. The molecule has 1 unspecified atom stereocenters. The summed E-state index contributed by atoms with van der Waals surface area (Å²) in [6, 6.07) is 9.47. The van der Waals surface area contributed by atoms with Crippen LogP contribution in [-0.2, 0) is 11.3 Å². The number of benzene rings is 1. The fourth-order valence-corrected chi connectivity index (χ4v) is 2.43. The van der Waals surface area contributed by atoms with E-state index in [4.69, 9.17) is 5.26 Å². The molecule has 96 valence electrons. The van der Waals surface area contributed by atoms with Crippen molar-refractivity contribution in [2.24, 2.45) is 5.92 Å². The molecule has 0 spiro atoms. The number of carbonyl (C=O) groups excluding carboxylic acids is 1. The van der Waals surface area contributed by atoms with E-state index in [9.17, 15) is 4.79 Å². The van der Waals surface area contributed by atoms with Crippen molar-refractivity contribution in [1.29, 1.82) is 5.26 Å². The standard InChI is InChI=1S/C14H18N2OS/c1-11(10-18-3)14(17)16(2)9-13-6-4-5-12(7-13)8-15/h4-7,11H,9-10H2,1-3H3. The highest BCUT2D eigenvalue weighted by molar-refractivity contribution is 7.98. The van der Waals surface area contributed by atoms with Crippen LogP contribution < -0.4 is 0 Å². The lowest BCUT2D eigenvalue weighted by Crippen LogP contribution is -2.32. The fraction of sp³-hybridized carbons (Fsp3) is 0.429. The Morgan fingerprint density at radius 3 is 2.89 bits per heavy atom. The van der Waals surface area contributed by atoms with Gasteiger partial charge in [-0.05, 0) is 24.0 Å². The highest BCUT2D eigenvalue weighted by atomic mass is 32.2. The van der Waals surface area contributed by atoms with Gasteiger partial charge in [0.1, 0.15) is 0 Å². The minimum Gasteiger partial charge on any atom is -0.341 e. The molecule has 0 heterocycles. The zero-order valence-corrected chi connectivity index (χ0v) is 11.8. The van der Waals surface area contributed by atoms with Crippen LogP contribution in [0.25, 0.3) is 0 Å². The van der Waals surface area contributed by atoms with E-state index in [2.05, 4.69) is 6.07 Å². The van der Waals surface area contributed by atoms with E-state index in [1.165, 1.54) is 0 Å². The van der Waals surface area contributed by atoms with Crippen LogP contribution in [-0.4, -0.2) is 29.9 Å². The Hall–Kier alpha value is -1.47. The smallest absolute Gasteiger partial charge is 0.226 e. The van der Waals surface area contributed by atoms with Gasteiger partial charge in [-0.15, -0.1) is 0 Å². The van der Waals surface area contributed by atoms with Gasteiger partial charge in [0.2, 0.25) is 5.91 Å². The van der Waals surface area contributed by atoms with Crippen molar-refractivity contribution in [2.45, 2.75) is 13.5 Å². The summed E-state index contributed by atoms with van der Waals surface area (Å²) in [4.78, 5) is 13.8. The molecule has 3 nitrogen and oxygen atoms in total. The van der Waals surface area contributed by atoms with Gasteiger partial charge in [0.05, 0.1) is 11.6 Å². The fourth-order valence-electron chi connectivity index (χ4n) is 1.79. The summed E-state index contributed by atoms with van der Waals surface area (Å²) in [6.07, 6.45) is 2.00. The van der Waals surface area contributed by atoms with Gasteiger partial charge in [0.15, 0.2) is 0 Å². The molecule has 0 bridgehead atoms. The second kappa shape index (κ2) is 7.07. The predicted molar refractivity (Wildman–Crippen MR) is 75.2 cm³/mol. The van der Waals surface area contributed by atoms with E-state index in [1.54, 1.807) is 29.8 Å². The van der Waals surface area contributed by atoms with Gasteiger partial charge in [0, 0.05) is 25.3 Å². The molecule has 1 amide bonds. The highest BCUT2D eigenvalue weighted by Gasteiger charge is 2.16. The summed E-state index contributed by atoms with van der Waals surface area (Å²) in [5, 5.41) is 8.83. The van der Waals surface area contributed by atoms with Crippen LogP contribution >= 0.6 is 11.8 Å². The molecule has 18 heavy (non-hydrogen) atoms. The molecule has 0 N–H and O–H groups in total. The number of amides is 1. The van der Waals surface area contributed by atoms with Gasteiger partial charge >= 0.3 is 0 Å². The monoisotopic (exact) mass is 262 g/mol. The Bertz CT molecular complexity index is 453. The summed E-state index contributed by atoms with van der Waals surface area (Å²) >= 11 is 1.68. The lowest BCUT2D eigenvalue weighted by atomic mass is 10.1. The maximum absolute atomic E-state index is 12.0. The molecule has 0 saturated carbocycles. The minimum absolute atomic E-state index is 0.0316. The Morgan fingerprint density at radius 1 is 1.56 bits per heavy atom. The molecule has 1 atom stereocenters. The Balaban J connectivity index is 2.66. The highest BCUT2D eigenvalue weighted by Crippen LogP contribution is 2.11. The zero-order valence-electron chi connectivity index (χ0n) is 11.0. The van der Waals surface area contributed by atoms with Crippen molar-refractivity contribution in [2.75, 3.05) is 19.1 Å².